The molecule has 0 fully saturated rings. The van der Waals surface area contributed by atoms with Crippen LogP contribution in [-0.4, -0.2) is 35.8 Å². The van der Waals surface area contributed by atoms with E-state index in [2.05, 4.69) is 10.6 Å². The van der Waals surface area contributed by atoms with Gasteiger partial charge in [-0.1, -0.05) is 27.2 Å². The summed E-state index contributed by atoms with van der Waals surface area (Å²) < 4.78 is 15.4. The first-order valence-corrected chi connectivity index (χ1v) is 7.62. The van der Waals surface area contributed by atoms with Gasteiger partial charge in [-0.05, 0) is 16.9 Å². The molecule has 8 heteroatoms. The van der Waals surface area contributed by atoms with E-state index in [0.29, 0.717) is 6.61 Å². The Morgan fingerprint density at radius 3 is 2.47 bits per heavy atom. The van der Waals surface area contributed by atoms with Crippen molar-refractivity contribution in [3.63, 3.8) is 0 Å². The minimum Gasteiger partial charge on any atom is -0.450 e. The minimum absolute atomic E-state index is 0.157. The fourth-order valence-corrected chi connectivity index (χ4v) is 1.56. The predicted molar refractivity (Wildman–Crippen MR) is 70.9 cm³/mol. The van der Waals surface area contributed by atoms with Gasteiger partial charge >= 0.3 is 14.1 Å². The highest BCUT2D eigenvalue weighted by Gasteiger charge is 2.26. The van der Waals surface area contributed by atoms with Gasteiger partial charge in [0.25, 0.3) is 0 Å². The average Bonchev–Trinajstić information content (AvgIpc) is 2.33. The molecular formula is C11H22N2O5P+. The van der Waals surface area contributed by atoms with E-state index in [-0.39, 0.29) is 12.2 Å². The number of unbranched alkanes of at least 4 members (excludes halogenated alkanes) is 1. The van der Waals surface area contributed by atoms with Crippen molar-refractivity contribution in [2.24, 2.45) is 5.92 Å². The molecule has 0 radical (unpaired) electrons. The Morgan fingerprint density at radius 2 is 2.00 bits per heavy atom. The molecule has 0 aromatic rings. The lowest BCUT2D eigenvalue weighted by atomic mass is 10.0. The first-order valence-electron chi connectivity index (χ1n) is 6.23. The van der Waals surface area contributed by atoms with Crippen LogP contribution < -0.4 is 10.6 Å². The molecule has 0 rings (SSSR count). The summed E-state index contributed by atoms with van der Waals surface area (Å²) in [5.74, 6) is -0.657. The molecule has 0 saturated carbocycles. The maximum atomic E-state index is 11.7. The molecule has 0 aromatic carbocycles. The van der Waals surface area contributed by atoms with Gasteiger partial charge in [0, 0.05) is 0 Å². The molecule has 0 heterocycles. The lowest BCUT2D eigenvalue weighted by Gasteiger charge is -2.20. The second kappa shape index (κ2) is 9.69. The summed E-state index contributed by atoms with van der Waals surface area (Å²) in [6.45, 7) is 5.80. The van der Waals surface area contributed by atoms with Gasteiger partial charge in [-0.2, -0.15) is 4.89 Å². The van der Waals surface area contributed by atoms with E-state index in [1.165, 1.54) is 0 Å². The van der Waals surface area contributed by atoms with Gasteiger partial charge in [-0.25, -0.2) is 4.79 Å². The lowest BCUT2D eigenvalue weighted by Crippen LogP contribution is -2.49. The lowest BCUT2D eigenvalue weighted by molar-refractivity contribution is -0.123. The van der Waals surface area contributed by atoms with Crippen molar-refractivity contribution in [3.05, 3.63) is 0 Å². The normalized spacial score (nSPS) is 12.8. The van der Waals surface area contributed by atoms with E-state index in [9.17, 15) is 14.2 Å². The van der Waals surface area contributed by atoms with Crippen LogP contribution in [0.1, 0.15) is 33.6 Å². The number of carbonyl (C=O) groups excluding carboxylic acids is 2. The van der Waals surface area contributed by atoms with Crippen molar-refractivity contribution in [2.75, 3.05) is 12.9 Å². The van der Waals surface area contributed by atoms with E-state index >= 15 is 0 Å². The Balaban J connectivity index is 4.28. The van der Waals surface area contributed by atoms with Gasteiger partial charge < -0.3 is 15.4 Å². The van der Waals surface area contributed by atoms with Crippen LogP contribution in [0, 0.1) is 5.92 Å². The molecule has 1 unspecified atom stereocenters. The number of amides is 2. The average molecular weight is 293 g/mol. The summed E-state index contributed by atoms with van der Waals surface area (Å²) in [6.07, 6.45) is 0.682. The first-order chi connectivity index (χ1) is 8.88. The van der Waals surface area contributed by atoms with E-state index < -0.39 is 26.1 Å². The SMILES string of the molecule is CCCCOC(=O)N[C@H](C(=O)NC[P+](=O)O)C(C)C. The Kier molecular flexibility index (Phi) is 9.08. The summed E-state index contributed by atoms with van der Waals surface area (Å²) in [5, 5.41) is 4.74. The third-order valence-electron chi connectivity index (χ3n) is 2.34. The van der Waals surface area contributed by atoms with Crippen LogP contribution in [0.2, 0.25) is 0 Å². The standard InChI is InChI=1S/C11H21N2O5P/c1-4-5-6-18-11(15)13-9(8(2)3)10(14)12-7-19(16)17/h8-9H,4-7H2,1-3H3,(H2-,12,13,14,15,16,17)/p+1/t9-/m0/s1. The van der Waals surface area contributed by atoms with Gasteiger partial charge in [0.05, 0.1) is 6.61 Å². The van der Waals surface area contributed by atoms with E-state index in [0.717, 1.165) is 12.8 Å². The maximum Gasteiger partial charge on any atom is 0.527 e. The molecule has 0 spiro atoms. The molecule has 0 aliphatic heterocycles. The van der Waals surface area contributed by atoms with Crippen LogP contribution in [0.4, 0.5) is 4.79 Å². The summed E-state index contributed by atoms with van der Waals surface area (Å²) in [5.41, 5.74) is 0. The van der Waals surface area contributed by atoms with Crippen molar-refractivity contribution >= 4 is 20.0 Å². The Hall–Kier alpha value is -1.20. The molecule has 110 valence electrons. The van der Waals surface area contributed by atoms with Crippen LogP contribution in [0.25, 0.3) is 0 Å². The third kappa shape index (κ3) is 8.51. The smallest absolute Gasteiger partial charge is 0.450 e. The predicted octanol–water partition coefficient (Wildman–Crippen LogP) is 1.35. The molecule has 2 atom stereocenters. The third-order valence-corrected chi connectivity index (χ3v) is 2.77. The topological polar surface area (TPSA) is 105 Å². The summed E-state index contributed by atoms with van der Waals surface area (Å²) >= 11 is 0. The highest BCUT2D eigenvalue weighted by atomic mass is 31.1. The zero-order valence-electron chi connectivity index (χ0n) is 11.5. The molecule has 0 aliphatic carbocycles. The molecule has 3 N–H and O–H groups in total. The fourth-order valence-electron chi connectivity index (χ4n) is 1.27. The van der Waals surface area contributed by atoms with E-state index in [1.54, 1.807) is 13.8 Å². The number of hydrogen-bond donors (Lipinski definition) is 3. The largest absolute Gasteiger partial charge is 0.527 e. The zero-order chi connectivity index (χ0) is 14.8. The summed E-state index contributed by atoms with van der Waals surface area (Å²) in [6, 6.07) is -0.788. The molecule has 19 heavy (non-hydrogen) atoms. The summed E-state index contributed by atoms with van der Waals surface area (Å²) in [4.78, 5) is 31.8. The number of carbonyl (C=O) groups is 2. The van der Waals surface area contributed by atoms with Crippen LogP contribution in [0.5, 0.6) is 0 Å². The molecule has 0 aromatic heterocycles. The van der Waals surface area contributed by atoms with Crippen LogP contribution in [-0.2, 0) is 14.1 Å². The van der Waals surface area contributed by atoms with Gasteiger partial charge in [0.15, 0.2) is 0 Å². The van der Waals surface area contributed by atoms with Crippen LogP contribution in [0.3, 0.4) is 0 Å². The number of hydrogen-bond acceptors (Lipinski definition) is 4. The quantitative estimate of drug-likeness (QED) is 0.463. The highest BCUT2D eigenvalue weighted by Crippen LogP contribution is 2.09. The van der Waals surface area contributed by atoms with Crippen molar-refractivity contribution in [1.82, 2.24) is 10.6 Å². The molecule has 0 aliphatic rings. The van der Waals surface area contributed by atoms with E-state index in [1.807, 2.05) is 6.92 Å². The van der Waals surface area contributed by atoms with Crippen molar-refractivity contribution in [1.29, 1.82) is 0 Å². The number of nitrogens with one attached hydrogen (secondary N) is 2. The number of rotatable bonds is 8. The van der Waals surface area contributed by atoms with E-state index in [4.69, 9.17) is 9.63 Å². The first kappa shape index (κ1) is 17.8. The van der Waals surface area contributed by atoms with Crippen molar-refractivity contribution < 1.29 is 23.8 Å². The van der Waals surface area contributed by atoms with Gasteiger partial charge in [-0.3, -0.25) is 4.79 Å². The zero-order valence-corrected chi connectivity index (χ0v) is 12.4. The fraction of sp³-hybridized carbons (Fsp3) is 0.818. The second-order valence-corrected chi connectivity index (χ2v) is 5.43. The maximum absolute atomic E-state index is 11.7. The molecule has 0 saturated heterocycles. The molecule has 2 amide bonds. The van der Waals surface area contributed by atoms with Crippen molar-refractivity contribution in [3.8, 4) is 0 Å². The Labute approximate surface area is 114 Å². The van der Waals surface area contributed by atoms with Crippen LogP contribution in [0.15, 0.2) is 0 Å². The molecule has 0 bridgehead atoms. The molecular weight excluding hydrogens is 271 g/mol. The monoisotopic (exact) mass is 293 g/mol. The minimum atomic E-state index is -2.43. The number of alkyl carbamates (subject to hydrolysis) is 1. The Morgan fingerprint density at radius 1 is 1.37 bits per heavy atom. The highest BCUT2D eigenvalue weighted by molar-refractivity contribution is 7.37. The van der Waals surface area contributed by atoms with Gasteiger partial charge in [0.1, 0.15) is 6.04 Å². The second-order valence-electron chi connectivity index (χ2n) is 4.41. The van der Waals surface area contributed by atoms with Gasteiger partial charge in [-0.15, -0.1) is 0 Å². The van der Waals surface area contributed by atoms with Crippen molar-refractivity contribution in [2.45, 2.75) is 39.7 Å². The van der Waals surface area contributed by atoms with Gasteiger partial charge in [0.2, 0.25) is 12.2 Å². The summed E-state index contributed by atoms with van der Waals surface area (Å²) in [7, 11) is -2.43. The van der Waals surface area contributed by atoms with Crippen LogP contribution >= 0.6 is 8.03 Å². The number of ether oxygens (including phenoxy) is 1. The Bertz CT molecular complexity index is 322. The molecule has 7 nitrogen and oxygen atoms in total.